The van der Waals surface area contributed by atoms with Crippen LogP contribution in [0, 0.1) is 6.92 Å². The Morgan fingerprint density at radius 3 is 2.24 bits per heavy atom. The molecule has 1 aromatic heterocycles. The molecule has 1 saturated heterocycles. The maximum Gasteiger partial charge on any atom is 0.251 e. The van der Waals surface area contributed by atoms with Crippen LogP contribution in [0.4, 0.5) is 0 Å². The summed E-state index contributed by atoms with van der Waals surface area (Å²) in [7, 11) is 0. The van der Waals surface area contributed by atoms with Gasteiger partial charge < -0.3 is 5.32 Å². The van der Waals surface area contributed by atoms with E-state index < -0.39 is 0 Å². The van der Waals surface area contributed by atoms with E-state index >= 15 is 0 Å². The summed E-state index contributed by atoms with van der Waals surface area (Å²) in [6.45, 7) is 13.9. The van der Waals surface area contributed by atoms with Gasteiger partial charge in [-0.3, -0.25) is 19.5 Å². The maximum absolute atomic E-state index is 13.0. The molecule has 0 atom stereocenters. The summed E-state index contributed by atoms with van der Waals surface area (Å²) in [6.07, 6.45) is 10.8. The van der Waals surface area contributed by atoms with E-state index in [2.05, 4.69) is 74.1 Å². The maximum atomic E-state index is 13.0. The third kappa shape index (κ3) is 9.79. The first-order valence-corrected chi connectivity index (χ1v) is 15.1. The van der Waals surface area contributed by atoms with Crippen LogP contribution in [0.1, 0.15) is 103 Å². The number of allylic oxidation sites excluding steroid dienone is 2. The Morgan fingerprint density at radius 2 is 1.66 bits per heavy atom. The predicted molar refractivity (Wildman–Crippen MR) is 170 cm³/mol. The van der Waals surface area contributed by atoms with Crippen molar-refractivity contribution in [1.29, 1.82) is 0 Å². The molecule has 5 heteroatoms. The average molecular weight is 554 g/mol. The lowest BCUT2D eigenvalue weighted by molar-refractivity contribution is 0.0908. The number of likely N-dealkylation sites (tertiary alicyclic amines) is 1. The molecule has 1 N–H and O–H groups in total. The van der Waals surface area contributed by atoms with Crippen LogP contribution in [-0.4, -0.2) is 41.2 Å². The zero-order valence-electron chi connectivity index (χ0n) is 25.6. The highest BCUT2D eigenvalue weighted by atomic mass is 16.1. The van der Waals surface area contributed by atoms with Gasteiger partial charge >= 0.3 is 0 Å². The highest BCUT2D eigenvalue weighted by Crippen LogP contribution is 2.28. The van der Waals surface area contributed by atoms with Gasteiger partial charge in [-0.15, -0.1) is 0 Å². The van der Waals surface area contributed by atoms with E-state index in [0.717, 1.165) is 75.6 Å². The third-order valence-electron chi connectivity index (χ3n) is 7.92. The molecule has 0 aliphatic carbocycles. The van der Waals surface area contributed by atoms with Gasteiger partial charge in [0.2, 0.25) is 0 Å². The smallest absolute Gasteiger partial charge is 0.251 e. The van der Waals surface area contributed by atoms with Crippen LogP contribution in [0.5, 0.6) is 0 Å². The first kappa shape index (κ1) is 32.0. The molecular weight excluding hydrogens is 506 g/mol. The van der Waals surface area contributed by atoms with Crippen molar-refractivity contribution in [3.05, 3.63) is 106 Å². The van der Waals surface area contributed by atoms with Gasteiger partial charge in [0.05, 0.1) is 0 Å². The molecule has 218 valence electrons. The number of amides is 1. The van der Waals surface area contributed by atoms with Crippen LogP contribution < -0.4 is 5.32 Å². The fourth-order valence-electron chi connectivity index (χ4n) is 5.42. The summed E-state index contributed by atoms with van der Waals surface area (Å²) in [4.78, 5) is 29.8. The van der Waals surface area contributed by atoms with Crippen LogP contribution in [0.3, 0.4) is 0 Å². The molecule has 2 heterocycles. The van der Waals surface area contributed by atoms with Crippen molar-refractivity contribution >= 4 is 17.8 Å². The molecule has 41 heavy (non-hydrogen) atoms. The van der Waals surface area contributed by atoms with Gasteiger partial charge in [-0.2, -0.15) is 0 Å². The lowest BCUT2D eigenvalue weighted by Crippen LogP contribution is -2.44. The molecule has 5 nitrogen and oxygen atoms in total. The Kier molecular flexibility index (Phi) is 13.0. The molecule has 0 unspecified atom stereocenters. The number of piperidine rings is 1. The molecule has 1 fully saturated rings. The number of hydrogen-bond donors (Lipinski definition) is 1. The Labute approximate surface area is 247 Å². The number of carbonyl (C=O) groups excluding carboxylic acids is 2. The van der Waals surface area contributed by atoms with E-state index in [-0.39, 0.29) is 11.9 Å². The number of carbonyl (C=O) groups is 2. The number of pyridine rings is 1. The van der Waals surface area contributed by atoms with Crippen LogP contribution in [-0.2, 0) is 13.0 Å². The van der Waals surface area contributed by atoms with Gasteiger partial charge in [-0.1, -0.05) is 63.1 Å². The number of aromatic nitrogens is 1. The van der Waals surface area contributed by atoms with E-state index in [1.54, 1.807) is 0 Å². The quantitative estimate of drug-likeness (QED) is 0.260. The lowest BCUT2D eigenvalue weighted by atomic mass is 9.91. The SMILES string of the molecule is CCC/C(C)=C(\CC)c1cc(C(=O)NC2CCN(Cc3ccncc3)CC2)ccc1C.CCc1ccc(C=O)cc1. The van der Waals surface area contributed by atoms with Crippen molar-refractivity contribution in [2.75, 3.05) is 13.1 Å². The lowest BCUT2D eigenvalue weighted by Gasteiger charge is -2.32. The molecule has 1 aliphatic rings. The number of aryl methyl sites for hydroxylation is 2. The topological polar surface area (TPSA) is 62.3 Å². The summed E-state index contributed by atoms with van der Waals surface area (Å²) in [5.74, 6) is 0.0532. The van der Waals surface area contributed by atoms with E-state index in [0.29, 0.717) is 0 Å². The molecular formula is C36H47N3O2. The minimum Gasteiger partial charge on any atom is -0.349 e. The zero-order valence-corrected chi connectivity index (χ0v) is 25.6. The van der Waals surface area contributed by atoms with Gasteiger partial charge in [0.15, 0.2) is 0 Å². The Hall–Kier alpha value is -3.57. The Bertz CT molecular complexity index is 1270. The molecule has 4 rings (SSSR count). The van der Waals surface area contributed by atoms with Crippen LogP contribution in [0.2, 0.25) is 0 Å². The van der Waals surface area contributed by atoms with E-state index in [1.165, 1.54) is 33.4 Å². The van der Waals surface area contributed by atoms with Crippen molar-refractivity contribution in [3.63, 3.8) is 0 Å². The second-order valence-corrected chi connectivity index (χ2v) is 11.0. The van der Waals surface area contributed by atoms with E-state index in [9.17, 15) is 9.59 Å². The summed E-state index contributed by atoms with van der Waals surface area (Å²) in [6, 6.07) is 18.2. The number of nitrogens with one attached hydrogen (secondary N) is 1. The molecule has 1 amide bonds. The zero-order chi connectivity index (χ0) is 29.6. The molecule has 0 radical (unpaired) electrons. The van der Waals surface area contributed by atoms with Crippen molar-refractivity contribution in [2.45, 2.75) is 85.7 Å². The summed E-state index contributed by atoms with van der Waals surface area (Å²) >= 11 is 0. The average Bonchev–Trinajstić information content (AvgIpc) is 3.00. The molecule has 0 bridgehead atoms. The molecule has 3 aromatic rings. The van der Waals surface area contributed by atoms with Crippen molar-refractivity contribution < 1.29 is 9.59 Å². The van der Waals surface area contributed by atoms with E-state index in [4.69, 9.17) is 0 Å². The van der Waals surface area contributed by atoms with E-state index in [1.807, 2.05) is 42.7 Å². The van der Waals surface area contributed by atoms with Crippen molar-refractivity contribution in [2.24, 2.45) is 0 Å². The predicted octanol–water partition coefficient (Wildman–Crippen LogP) is 7.83. The number of nitrogens with zero attached hydrogens (tertiary/aromatic N) is 2. The molecule has 2 aromatic carbocycles. The fraction of sp³-hybridized carbons (Fsp3) is 0.417. The van der Waals surface area contributed by atoms with Crippen LogP contribution >= 0.6 is 0 Å². The van der Waals surface area contributed by atoms with Gasteiger partial charge in [0.25, 0.3) is 5.91 Å². The van der Waals surface area contributed by atoms with Gasteiger partial charge in [-0.05, 0) is 98.0 Å². The highest BCUT2D eigenvalue weighted by Gasteiger charge is 2.22. The molecule has 0 saturated carbocycles. The largest absolute Gasteiger partial charge is 0.349 e. The van der Waals surface area contributed by atoms with Crippen molar-refractivity contribution in [1.82, 2.24) is 15.2 Å². The fourth-order valence-corrected chi connectivity index (χ4v) is 5.42. The van der Waals surface area contributed by atoms with Crippen LogP contribution in [0.25, 0.3) is 5.57 Å². The summed E-state index contributed by atoms with van der Waals surface area (Å²) in [5, 5.41) is 3.29. The number of hydrogen-bond acceptors (Lipinski definition) is 4. The Morgan fingerprint density at radius 1 is 0.976 bits per heavy atom. The minimum atomic E-state index is 0.0532. The third-order valence-corrected chi connectivity index (χ3v) is 7.92. The summed E-state index contributed by atoms with van der Waals surface area (Å²) < 4.78 is 0. The monoisotopic (exact) mass is 553 g/mol. The first-order valence-electron chi connectivity index (χ1n) is 15.1. The van der Waals surface area contributed by atoms with Crippen molar-refractivity contribution in [3.8, 4) is 0 Å². The van der Waals surface area contributed by atoms with Gasteiger partial charge in [0.1, 0.15) is 6.29 Å². The Balaban J connectivity index is 0.000000389. The number of aldehydes is 1. The summed E-state index contributed by atoms with van der Waals surface area (Å²) in [5.41, 5.74) is 9.38. The number of rotatable bonds is 10. The normalized spacial score (nSPS) is 14.5. The first-order chi connectivity index (χ1) is 19.9. The van der Waals surface area contributed by atoms with Gasteiger partial charge in [-0.25, -0.2) is 0 Å². The molecule has 1 aliphatic heterocycles. The second-order valence-electron chi connectivity index (χ2n) is 11.0. The highest BCUT2D eigenvalue weighted by molar-refractivity contribution is 5.95. The minimum absolute atomic E-state index is 0.0532. The van der Waals surface area contributed by atoms with Crippen LogP contribution in [0.15, 0.2) is 72.6 Å². The number of benzene rings is 2. The standard InChI is InChI=1S/C27H37N3O.C9H10O/c1-5-7-20(3)25(6-2)26-18-23(9-8-21(26)4)27(31)29-24-12-16-30(17-13-24)19-22-10-14-28-15-11-22;1-2-8-3-5-9(7-10)6-4-8/h8-11,14-15,18,24H,5-7,12-13,16-17,19H2,1-4H3,(H,29,31);3-7H,2H2,1H3/b25-20+;. The van der Waals surface area contributed by atoms with Gasteiger partial charge in [0, 0.05) is 49.2 Å². The second kappa shape index (κ2) is 16.6. The molecule has 0 spiro atoms.